The van der Waals surface area contributed by atoms with Crippen LogP contribution in [0.25, 0.3) is 0 Å². The Morgan fingerprint density at radius 3 is 2.19 bits per heavy atom. The van der Waals surface area contributed by atoms with Crippen LogP contribution in [0.4, 0.5) is 0 Å². The number of carbonyl (C=O) groups is 5. The smallest absolute Gasteiger partial charge is 0.326 e. The Morgan fingerprint density at radius 1 is 1.00 bits per heavy atom. The van der Waals surface area contributed by atoms with E-state index >= 15 is 0 Å². The molecule has 0 saturated heterocycles. The molecule has 15 heteroatoms. The summed E-state index contributed by atoms with van der Waals surface area (Å²) in [6.07, 6.45) is 2.05. The molecule has 0 radical (unpaired) electrons. The number of thioether (sulfide) groups is 1. The van der Waals surface area contributed by atoms with Gasteiger partial charge < -0.3 is 44.0 Å². The van der Waals surface area contributed by atoms with E-state index in [-0.39, 0.29) is 31.8 Å². The Bertz CT molecular complexity index is 701. The molecule has 14 nitrogen and oxygen atoms in total. The number of rotatable bonds is 16. The summed E-state index contributed by atoms with van der Waals surface area (Å²) < 4.78 is 0. The number of guanidine groups is 1. The van der Waals surface area contributed by atoms with Crippen molar-refractivity contribution >= 4 is 47.3 Å². The number of carboxylic acids is 1. The topological polar surface area (TPSA) is 258 Å². The number of carbonyl (C=O) groups excluding carboxylic acids is 4. The molecule has 3 unspecified atom stereocenters. The predicted octanol–water partition coefficient (Wildman–Crippen LogP) is -3.83. The lowest BCUT2D eigenvalue weighted by Gasteiger charge is -2.21. The minimum atomic E-state index is -1.24. The molecule has 0 aliphatic rings. The maximum Gasteiger partial charge on any atom is 0.326 e. The Labute approximate surface area is 189 Å². The van der Waals surface area contributed by atoms with Crippen molar-refractivity contribution in [2.24, 2.45) is 27.9 Å². The molecule has 0 bridgehead atoms. The van der Waals surface area contributed by atoms with Gasteiger partial charge in [-0.25, -0.2) is 4.79 Å². The number of nitrogens with one attached hydrogen (secondary N) is 3. The van der Waals surface area contributed by atoms with Crippen LogP contribution >= 0.6 is 11.8 Å². The molecule has 0 rings (SSSR count). The number of carboxylic acid groups (broad SMARTS) is 1. The summed E-state index contributed by atoms with van der Waals surface area (Å²) in [7, 11) is 0. The van der Waals surface area contributed by atoms with E-state index in [1.54, 1.807) is 6.26 Å². The fraction of sp³-hybridized carbons (Fsp3) is 0.647. The van der Waals surface area contributed by atoms with Gasteiger partial charge in [-0.3, -0.25) is 24.2 Å². The summed E-state index contributed by atoms with van der Waals surface area (Å²) in [5.74, 6) is -3.75. The first kappa shape index (κ1) is 28.9. The minimum absolute atomic E-state index is 0.0782. The number of aliphatic carboxylic acids is 1. The molecule has 0 aromatic rings. The van der Waals surface area contributed by atoms with Crippen molar-refractivity contribution in [3.8, 4) is 0 Å². The fourth-order valence-corrected chi connectivity index (χ4v) is 2.86. The summed E-state index contributed by atoms with van der Waals surface area (Å²) in [5, 5.41) is 16.4. The number of hydrogen-bond donors (Lipinski definition) is 8. The maximum absolute atomic E-state index is 12.6. The fourth-order valence-electron chi connectivity index (χ4n) is 2.39. The van der Waals surface area contributed by atoms with E-state index in [0.29, 0.717) is 12.2 Å². The van der Waals surface area contributed by atoms with Crippen LogP contribution in [0.3, 0.4) is 0 Å². The van der Waals surface area contributed by atoms with Gasteiger partial charge in [0.25, 0.3) is 0 Å². The third-order valence-corrected chi connectivity index (χ3v) is 4.65. The van der Waals surface area contributed by atoms with Gasteiger partial charge in [0.1, 0.15) is 12.1 Å². The van der Waals surface area contributed by atoms with E-state index in [9.17, 15) is 29.1 Å². The second kappa shape index (κ2) is 15.7. The van der Waals surface area contributed by atoms with Crippen LogP contribution in [-0.2, 0) is 24.0 Å². The van der Waals surface area contributed by atoms with E-state index in [1.165, 1.54) is 11.8 Å². The average molecular weight is 477 g/mol. The highest BCUT2D eigenvalue weighted by atomic mass is 32.2. The molecule has 0 aliphatic heterocycles. The minimum Gasteiger partial charge on any atom is -0.480 e. The summed E-state index contributed by atoms with van der Waals surface area (Å²) in [6, 6.07) is -3.42. The number of primary amides is 1. The van der Waals surface area contributed by atoms with Gasteiger partial charge in [0, 0.05) is 6.54 Å². The quantitative estimate of drug-likeness (QED) is 0.0611. The second-order valence-electron chi connectivity index (χ2n) is 6.74. The Balaban J connectivity index is 4.87. The zero-order valence-corrected chi connectivity index (χ0v) is 18.7. The lowest BCUT2D eigenvalue weighted by molar-refractivity contribution is -0.142. The molecule has 32 heavy (non-hydrogen) atoms. The maximum atomic E-state index is 12.6. The summed E-state index contributed by atoms with van der Waals surface area (Å²) in [4.78, 5) is 62.5. The van der Waals surface area contributed by atoms with E-state index in [2.05, 4.69) is 20.9 Å². The van der Waals surface area contributed by atoms with Crippen molar-refractivity contribution in [2.45, 2.75) is 43.8 Å². The van der Waals surface area contributed by atoms with Gasteiger partial charge in [-0.2, -0.15) is 11.8 Å². The summed E-state index contributed by atoms with van der Waals surface area (Å²) in [5.41, 5.74) is 20.9. The van der Waals surface area contributed by atoms with E-state index in [4.69, 9.17) is 22.9 Å². The summed E-state index contributed by atoms with van der Waals surface area (Å²) >= 11 is 1.43. The standard InChI is InChI=1S/C17H32N8O6S/c1-32-6-4-10(24-13(27)8-23-14(28)9(18)7-12(19)26)15(29)25-11(16(30)31)3-2-5-22-17(20)21/h9-11H,2-8,18H2,1H3,(H2,19,26)(H,23,28)(H,24,27)(H,25,29)(H,30,31)(H4,20,21,22). The van der Waals surface area contributed by atoms with Crippen molar-refractivity contribution < 1.29 is 29.1 Å². The highest BCUT2D eigenvalue weighted by Crippen LogP contribution is 2.04. The van der Waals surface area contributed by atoms with Crippen molar-refractivity contribution in [1.82, 2.24) is 16.0 Å². The zero-order valence-electron chi connectivity index (χ0n) is 17.8. The SMILES string of the molecule is CSCCC(NC(=O)CNC(=O)C(N)CC(N)=O)C(=O)NC(CCCN=C(N)N)C(=O)O. The van der Waals surface area contributed by atoms with Crippen LogP contribution in [0, 0.1) is 0 Å². The van der Waals surface area contributed by atoms with Crippen LogP contribution in [0.1, 0.15) is 25.7 Å². The molecular weight excluding hydrogens is 444 g/mol. The first-order valence-electron chi connectivity index (χ1n) is 9.66. The molecule has 0 saturated carbocycles. The van der Waals surface area contributed by atoms with Gasteiger partial charge in [-0.1, -0.05) is 0 Å². The molecule has 4 amide bonds. The average Bonchev–Trinajstić information content (AvgIpc) is 2.70. The van der Waals surface area contributed by atoms with Gasteiger partial charge in [-0.05, 0) is 31.3 Å². The lowest BCUT2D eigenvalue weighted by atomic mass is 10.1. The third-order valence-electron chi connectivity index (χ3n) is 4.00. The monoisotopic (exact) mass is 476 g/mol. The first-order valence-corrected chi connectivity index (χ1v) is 11.1. The third kappa shape index (κ3) is 13.3. The molecule has 0 aromatic carbocycles. The predicted molar refractivity (Wildman–Crippen MR) is 119 cm³/mol. The van der Waals surface area contributed by atoms with Gasteiger partial charge in [0.15, 0.2) is 5.96 Å². The number of amides is 4. The molecule has 0 spiro atoms. The summed E-state index contributed by atoms with van der Waals surface area (Å²) in [6.45, 7) is -0.290. The van der Waals surface area contributed by atoms with Crippen LogP contribution in [0.5, 0.6) is 0 Å². The molecule has 3 atom stereocenters. The van der Waals surface area contributed by atoms with Crippen molar-refractivity contribution in [3.63, 3.8) is 0 Å². The molecule has 0 aromatic heterocycles. The zero-order chi connectivity index (χ0) is 24.7. The molecule has 0 heterocycles. The van der Waals surface area contributed by atoms with Crippen LogP contribution in [0.15, 0.2) is 4.99 Å². The van der Waals surface area contributed by atoms with Gasteiger partial charge in [0.2, 0.25) is 23.6 Å². The largest absolute Gasteiger partial charge is 0.480 e. The van der Waals surface area contributed by atoms with Gasteiger partial charge in [0.05, 0.1) is 19.0 Å². The van der Waals surface area contributed by atoms with Crippen molar-refractivity contribution in [1.29, 1.82) is 0 Å². The highest BCUT2D eigenvalue weighted by Gasteiger charge is 2.26. The van der Waals surface area contributed by atoms with E-state index in [1.807, 2.05) is 0 Å². The lowest BCUT2D eigenvalue weighted by Crippen LogP contribution is -2.54. The number of aliphatic imine (C=N–C) groups is 1. The highest BCUT2D eigenvalue weighted by molar-refractivity contribution is 7.98. The van der Waals surface area contributed by atoms with Gasteiger partial charge >= 0.3 is 5.97 Å². The first-order chi connectivity index (χ1) is 15.0. The number of nitrogens with two attached hydrogens (primary N) is 4. The van der Waals surface area contributed by atoms with E-state index < -0.39 is 54.3 Å². The second-order valence-corrected chi connectivity index (χ2v) is 7.73. The number of hydrogen-bond acceptors (Lipinski definition) is 8. The molecular formula is C17H32N8O6S. The van der Waals surface area contributed by atoms with Crippen LogP contribution in [0.2, 0.25) is 0 Å². The van der Waals surface area contributed by atoms with Crippen molar-refractivity contribution in [3.05, 3.63) is 0 Å². The Hall–Kier alpha value is -3.07. The molecule has 0 aliphatic carbocycles. The molecule has 12 N–H and O–H groups in total. The Kier molecular flexibility index (Phi) is 14.2. The van der Waals surface area contributed by atoms with Gasteiger partial charge in [-0.15, -0.1) is 0 Å². The molecule has 0 fully saturated rings. The molecule has 182 valence electrons. The number of nitrogens with zero attached hydrogens (tertiary/aromatic N) is 1. The van der Waals surface area contributed by atoms with Crippen molar-refractivity contribution in [2.75, 3.05) is 25.1 Å². The van der Waals surface area contributed by atoms with Crippen LogP contribution in [-0.4, -0.2) is 83.9 Å². The Morgan fingerprint density at radius 2 is 1.66 bits per heavy atom. The normalized spacial score (nSPS) is 13.2. The van der Waals surface area contributed by atoms with E-state index in [0.717, 1.165) is 0 Å². The van der Waals surface area contributed by atoms with Crippen LogP contribution < -0.4 is 38.9 Å².